The van der Waals surface area contributed by atoms with Crippen LogP contribution in [0, 0.1) is 27.7 Å². The summed E-state index contributed by atoms with van der Waals surface area (Å²) in [5, 5.41) is 0. The van der Waals surface area contributed by atoms with Crippen molar-refractivity contribution in [2.45, 2.75) is 31.7 Å². The van der Waals surface area contributed by atoms with Crippen LogP contribution < -0.4 is 9.47 Å². The standard InChI is InChI=1S/C7H7Cl3N2O.C7H10N2O/c1-4-3-6(12-5(2)11-4)13-7(8,9)10;1-5-4-7(10-3)9-6(2)8-5/h3H,1-2H3;4H,1-3H3. The van der Waals surface area contributed by atoms with Crippen molar-refractivity contribution in [3.05, 3.63) is 35.2 Å². The number of alkyl halides is 3. The lowest BCUT2D eigenvalue weighted by Crippen LogP contribution is -2.14. The van der Waals surface area contributed by atoms with E-state index < -0.39 is 3.98 Å². The average molecular weight is 380 g/mol. The Hall–Kier alpha value is -1.37. The van der Waals surface area contributed by atoms with Gasteiger partial charge in [-0.2, -0.15) is 9.97 Å². The molecule has 0 fully saturated rings. The second-order valence-corrected chi connectivity index (χ2v) is 6.72. The number of aromatic nitrogens is 4. The Labute approximate surface area is 150 Å². The van der Waals surface area contributed by atoms with Gasteiger partial charge in [0, 0.05) is 23.5 Å². The minimum Gasteiger partial charge on any atom is -0.481 e. The van der Waals surface area contributed by atoms with Crippen molar-refractivity contribution < 1.29 is 9.47 Å². The third kappa shape index (κ3) is 8.16. The molecule has 0 aliphatic heterocycles. The summed E-state index contributed by atoms with van der Waals surface area (Å²) in [4.78, 5) is 16.1. The van der Waals surface area contributed by atoms with E-state index in [4.69, 9.17) is 44.3 Å². The van der Waals surface area contributed by atoms with Crippen LogP contribution in [0.1, 0.15) is 23.0 Å². The fraction of sp³-hybridized carbons (Fsp3) is 0.429. The molecule has 0 saturated heterocycles. The molecule has 2 rings (SSSR count). The summed E-state index contributed by atoms with van der Waals surface area (Å²) >= 11 is 16.3. The zero-order chi connectivity index (χ0) is 17.6. The van der Waals surface area contributed by atoms with E-state index in [2.05, 4.69) is 19.9 Å². The Morgan fingerprint density at radius 3 is 1.61 bits per heavy atom. The number of halogens is 3. The summed E-state index contributed by atoms with van der Waals surface area (Å²) in [7, 11) is 1.60. The lowest BCUT2D eigenvalue weighted by molar-refractivity contribution is 0.305. The van der Waals surface area contributed by atoms with E-state index in [0.717, 1.165) is 17.2 Å². The van der Waals surface area contributed by atoms with Crippen LogP contribution in [0.15, 0.2) is 12.1 Å². The lowest BCUT2D eigenvalue weighted by atomic mass is 10.4. The van der Waals surface area contributed by atoms with Gasteiger partial charge in [0.1, 0.15) is 11.6 Å². The molecule has 0 unspecified atom stereocenters. The molecule has 9 heteroatoms. The molecule has 0 saturated carbocycles. The second-order valence-electron chi connectivity index (χ2n) is 4.54. The number of hydrogen-bond acceptors (Lipinski definition) is 6. The smallest absolute Gasteiger partial charge is 0.339 e. The van der Waals surface area contributed by atoms with Gasteiger partial charge in [-0.1, -0.05) is 0 Å². The Balaban J connectivity index is 0.000000238. The predicted molar refractivity (Wildman–Crippen MR) is 90.5 cm³/mol. The van der Waals surface area contributed by atoms with Gasteiger partial charge in [0.15, 0.2) is 0 Å². The Morgan fingerprint density at radius 2 is 1.22 bits per heavy atom. The van der Waals surface area contributed by atoms with E-state index >= 15 is 0 Å². The van der Waals surface area contributed by atoms with E-state index in [1.807, 2.05) is 13.8 Å². The summed E-state index contributed by atoms with van der Waals surface area (Å²) in [6, 6.07) is 3.39. The molecule has 2 aromatic heterocycles. The van der Waals surface area contributed by atoms with Crippen LogP contribution in [0.5, 0.6) is 11.8 Å². The Morgan fingerprint density at radius 1 is 0.783 bits per heavy atom. The van der Waals surface area contributed by atoms with Crippen molar-refractivity contribution >= 4 is 34.8 Å². The molecule has 0 aliphatic carbocycles. The van der Waals surface area contributed by atoms with Gasteiger partial charge in [0.25, 0.3) is 0 Å². The highest BCUT2D eigenvalue weighted by molar-refractivity contribution is 6.66. The molecule has 0 N–H and O–H groups in total. The van der Waals surface area contributed by atoms with Crippen molar-refractivity contribution in [2.75, 3.05) is 7.11 Å². The van der Waals surface area contributed by atoms with Crippen molar-refractivity contribution in [2.24, 2.45) is 0 Å². The van der Waals surface area contributed by atoms with Crippen LogP contribution in [0.3, 0.4) is 0 Å². The first-order valence-electron chi connectivity index (χ1n) is 6.53. The molecule has 0 amide bonds. The van der Waals surface area contributed by atoms with E-state index in [-0.39, 0.29) is 5.88 Å². The first-order chi connectivity index (χ1) is 10.6. The summed E-state index contributed by atoms with van der Waals surface area (Å²) in [6.07, 6.45) is 0. The van der Waals surface area contributed by atoms with Crippen LogP contribution in [0.4, 0.5) is 0 Å². The number of ether oxygens (including phenoxy) is 2. The SMILES string of the molecule is COc1cc(C)nc(C)n1.Cc1cc(OC(Cl)(Cl)Cl)nc(C)n1. The molecule has 2 aromatic rings. The summed E-state index contributed by atoms with van der Waals surface area (Å²) < 4.78 is 8.05. The quantitative estimate of drug-likeness (QED) is 0.737. The number of methoxy groups -OCH3 is 1. The molecule has 0 bridgehead atoms. The van der Waals surface area contributed by atoms with Gasteiger partial charge in [-0.05, 0) is 62.5 Å². The minimum absolute atomic E-state index is 0.255. The van der Waals surface area contributed by atoms with E-state index in [1.165, 1.54) is 0 Å². The van der Waals surface area contributed by atoms with Crippen LogP contribution in [-0.4, -0.2) is 31.0 Å². The first kappa shape index (κ1) is 19.7. The third-order valence-electron chi connectivity index (χ3n) is 2.31. The molecule has 0 spiro atoms. The summed E-state index contributed by atoms with van der Waals surface area (Å²) in [5.74, 6) is 2.20. The maximum absolute atomic E-state index is 5.42. The van der Waals surface area contributed by atoms with Crippen LogP contribution in [-0.2, 0) is 0 Å². The lowest BCUT2D eigenvalue weighted by Gasteiger charge is -2.12. The fourth-order valence-electron chi connectivity index (χ4n) is 1.64. The second kappa shape index (κ2) is 8.47. The van der Waals surface area contributed by atoms with Gasteiger partial charge in [-0.15, -0.1) is 0 Å². The van der Waals surface area contributed by atoms with Crippen molar-refractivity contribution in [3.8, 4) is 11.8 Å². The van der Waals surface area contributed by atoms with Gasteiger partial charge < -0.3 is 9.47 Å². The van der Waals surface area contributed by atoms with Crippen LogP contribution in [0.25, 0.3) is 0 Å². The van der Waals surface area contributed by atoms with Crippen molar-refractivity contribution in [1.82, 2.24) is 19.9 Å². The van der Waals surface area contributed by atoms with Gasteiger partial charge in [-0.25, -0.2) is 9.97 Å². The normalized spacial score (nSPS) is 10.6. The van der Waals surface area contributed by atoms with E-state index in [9.17, 15) is 0 Å². The van der Waals surface area contributed by atoms with Gasteiger partial charge >= 0.3 is 3.98 Å². The van der Waals surface area contributed by atoms with Gasteiger partial charge in [0.05, 0.1) is 7.11 Å². The molecule has 0 radical (unpaired) electrons. The highest BCUT2D eigenvalue weighted by Gasteiger charge is 2.22. The Kier molecular flexibility index (Phi) is 7.25. The summed E-state index contributed by atoms with van der Waals surface area (Å²) in [5.41, 5.74) is 1.70. The highest BCUT2D eigenvalue weighted by Crippen LogP contribution is 2.29. The minimum atomic E-state index is -1.78. The molecule has 23 heavy (non-hydrogen) atoms. The average Bonchev–Trinajstić information content (AvgIpc) is 2.34. The van der Waals surface area contributed by atoms with E-state index in [1.54, 1.807) is 33.1 Å². The third-order valence-corrected chi connectivity index (χ3v) is 2.55. The first-order valence-corrected chi connectivity index (χ1v) is 7.67. The molecule has 6 nitrogen and oxygen atoms in total. The molecule has 2 heterocycles. The number of hydrogen-bond donors (Lipinski definition) is 0. The zero-order valence-corrected chi connectivity index (χ0v) is 15.7. The fourth-order valence-corrected chi connectivity index (χ4v) is 1.88. The van der Waals surface area contributed by atoms with Crippen LogP contribution in [0.2, 0.25) is 0 Å². The maximum Gasteiger partial charge on any atom is 0.339 e. The monoisotopic (exact) mass is 378 g/mol. The molecule has 0 aliphatic rings. The Bertz CT molecular complexity index is 622. The predicted octanol–water partition coefficient (Wildman–Crippen LogP) is 3.90. The molecule has 0 aromatic carbocycles. The molecule has 126 valence electrons. The largest absolute Gasteiger partial charge is 0.481 e. The van der Waals surface area contributed by atoms with Crippen molar-refractivity contribution in [1.29, 1.82) is 0 Å². The number of aryl methyl sites for hydroxylation is 4. The molecular formula is C14H17Cl3N4O2. The number of rotatable bonds is 2. The topological polar surface area (TPSA) is 70.0 Å². The van der Waals surface area contributed by atoms with Crippen molar-refractivity contribution in [3.63, 3.8) is 0 Å². The molecular weight excluding hydrogens is 363 g/mol. The van der Waals surface area contributed by atoms with Crippen LogP contribution >= 0.6 is 34.8 Å². The maximum atomic E-state index is 5.42. The van der Waals surface area contributed by atoms with E-state index in [0.29, 0.717) is 11.7 Å². The highest BCUT2D eigenvalue weighted by atomic mass is 35.6. The molecule has 0 atom stereocenters. The van der Waals surface area contributed by atoms with Gasteiger partial charge in [0.2, 0.25) is 11.8 Å². The zero-order valence-electron chi connectivity index (χ0n) is 13.4. The number of nitrogens with zero attached hydrogens (tertiary/aromatic N) is 4. The van der Waals surface area contributed by atoms with Gasteiger partial charge in [-0.3, -0.25) is 0 Å². The summed E-state index contributed by atoms with van der Waals surface area (Å²) in [6.45, 7) is 7.30.